The van der Waals surface area contributed by atoms with E-state index < -0.39 is 0 Å². The van der Waals surface area contributed by atoms with Crippen molar-refractivity contribution in [1.82, 2.24) is 20.4 Å². The fourth-order valence-electron chi connectivity index (χ4n) is 3.00. The number of benzene rings is 1. The Morgan fingerprint density at radius 2 is 1.72 bits per heavy atom. The number of piperazine rings is 1. The Bertz CT molecular complexity index is 676. The van der Waals surface area contributed by atoms with Crippen molar-refractivity contribution in [2.45, 2.75) is 12.8 Å². The summed E-state index contributed by atoms with van der Waals surface area (Å²) in [5.74, 6) is -0.230. The smallest absolute Gasteiger partial charge is 0.251 e. The number of carbonyl (C=O) groups is 3. The Morgan fingerprint density at radius 1 is 1.03 bits per heavy atom. The minimum absolute atomic E-state index is 0.00470. The molecule has 2 N–H and O–H groups in total. The average Bonchev–Trinajstić information content (AvgIpc) is 2.72. The molecular formula is C20H29ClN4O4. The first-order valence-electron chi connectivity index (χ1n) is 9.79. The maximum absolute atomic E-state index is 12.3. The summed E-state index contributed by atoms with van der Waals surface area (Å²) in [5, 5.41) is 6.18. The number of halogens is 1. The predicted octanol–water partition coefficient (Wildman–Crippen LogP) is 0.757. The van der Waals surface area contributed by atoms with Gasteiger partial charge in [0.2, 0.25) is 11.8 Å². The molecule has 3 amide bonds. The molecule has 0 unspecified atom stereocenters. The van der Waals surface area contributed by atoms with E-state index in [2.05, 4.69) is 10.6 Å². The third kappa shape index (κ3) is 8.39. The van der Waals surface area contributed by atoms with Crippen molar-refractivity contribution in [3.8, 4) is 0 Å². The number of rotatable bonds is 10. The van der Waals surface area contributed by atoms with Gasteiger partial charge in [0.1, 0.15) is 0 Å². The second-order valence-electron chi connectivity index (χ2n) is 6.87. The van der Waals surface area contributed by atoms with E-state index in [4.69, 9.17) is 16.3 Å². The molecule has 0 saturated carbocycles. The molecule has 1 aromatic rings. The van der Waals surface area contributed by atoms with Crippen LogP contribution < -0.4 is 10.6 Å². The molecule has 0 atom stereocenters. The topological polar surface area (TPSA) is 91.0 Å². The Labute approximate surface area is 176 Å². The van der Waals surface area contributed by atoms with E-state index in [9.17, 15) is 14.4 Å². The predicted molar refractivity (Wildman–Crippen MR) is 111 cm³/mol. The number of amides is 3. The molecule has 9 heteroatoms. The van der Waals surface area contributed by atoms with Gasteiger partial charge in [0.05, 0.1) is 6.54 Å². The third-order valence-corrected chi connectivity index (χ3v) is 4.92. The van der Waals surface area contributed by atoms with E-state index in [1.165, 1.54) is 0 Å². The third-order valence-electron chi connectivity index (χ3n) is 4.67. The Balaban J connectivity index is 1.61. The fourth-order valence-corrected chi connectivity index (χ4v) is 3.13. The van der Waals surface area contributed by atoms with Crippen LogP contribution in [0, 0.1) is 0 Å². The lowest BCUT2D eigenvalue weighted by atomic mass is 10.2. The highest BCUT2D eigenvalue weighted by atomic mass is 35.5. The molecule has 0 aliphatic carbocycles. The number of nitrogens with zero attached hydrogens (tertiary/aromatic N) is 2. The summed E-state index contributed by atoms with van der Waals surface area (Å²) in [7, 11) is 1.64. The van der Waals surface area contributed by atoms with Crippen LogP contribution in [0.2, 0.25) is 5.02 Å². The number of carbonyl (C=O) groups excluding carboxylic acids is 3. The minimum atomic E-state index is -0.226. The molecule has 0 spiro atoms. The molecule has 8 nitrogen and oxygen atoms in total. The van der Waals surface area contributed by atoms with Crippen molar-refractivity contribution in [3.05, 3.63) is 34.9 Å². The summed E-state index contributed by atoms with van der Waals surface area (Å²) in [5.41, 5.74) is 0.510. The highest BCUT2D eigenvalue weighted by Crippen LogP contribution is 2.09. The van der Waals surface area contributed by atoms with Gasteiger partial charge >= 0.3 is 0 Å². The van der Waals surface area contributed by atoms with Crippen LogP contribution in [-0.2, 0) is 14.3 Å². The summed E-state index contributed by atoms with van der Waals surface area (Å²) >= 11 is 5.81. The zero-order chi connectivity index (χ0) is 21.1. The number of hydrogen-bond donors (Lipinski definition) is 2. The van der Waals surface area contributed by atoms with Crippen LogP contribution in [0.15, 0.2) is 24.3 Å². The molecule has 2 rings (SSSR count). The summed E-state index contributed by atoms with van der Waals surface area (Å²) in [6.45, 7) is 4.34. The van der Waals surface area contributed by atoms with Crippen LogP contribution in [0.25, 0.3) is 0 Å². The second kappa shape index (κ2) is 12.4. The lowest BCUT2D eigenvalue weighted by Gasteiger charge is -2.34. The van der Waals surface area contributed by atoms with Crippen LogP contribution in [-0.4, -0.2) is 87.1 Å². The van der Waals surface area contributed by atoms with Gasteiger partial charge in [-0.3, -0.25) is 19.3 Å². The van der Waals surface area contributed by atoms with Gasteiger partial charge in [-0.2, -0.15) is 0 Å². The first kappa shape index (κ1) is 23.1. The number of hydrogen-bond acceptors (Lipinski definition) is 5. The number of nitrogens with one attached hydrogen (secondary N) is 2. The number of ether oxygens (including phenoxy) is 1. The first-order valence-corrected chi connectivity index (χ1v) is 10.2. The van der Waals surface area contributed by atoms with Crippen molar-refractivity contribution < 1.29 is 19.1 Å². The van der Waals surface area contributed by atoms with Crippen LogP contribution in [0.3, 0.4) is 0 Å². The van der Waals surface area contributed by atoms with Gasteiger partial charge in [-0.25, -0.2) is 0 Å². The van der Waals surface area contributed by atoms with Gasteiger partial charge in [0.25, 0.3) is 5.91 Å². The van der Waals surface area contributed by atoms with E-state index in [1.807, 2.05) is 4.90 Å². The Morgan fingerprint density at radius 3 is 2.38 bits per heavy atom. The molecule has 160 valence electrons. The summed E-state index contributed by atoms with van der Waals surface area (Å²) in [6.07, 6.45) is 1.04. The van der Waals surface area contributed by atoms with E-state index >= 15 is 0 Å². The number of methoxy groups -OCH3 is 1. The molecule has 1 aliphatic rings. The quantitative estimate of drug-likeness (QED) is 0.541. The highest BCUT2D eigenvalue weighted by Gasteiger charge is 2.22. The maximum atomic E-state index is 12.3. The maximum Gasteiger partial charge on any atom is 0.251 e. The Kier molecular flexibility index (Phi) is 9.90. The van der Waals surface area contributed by atoms with E-state index in [0.717, 1.165) is 6.42 Å². The highest BCUT2D eigenvalue weighted by molar-refractivity contribution is 6.30. The van der Waals surface area contributed by atoms with Crippen LogP contribution in [0.4, 0.5) is 0 Å². The molecule has 29 heavy (non-hydrogen) atoms. The second-order valence-corrected chi connectivity index (χ2v) is 7.30. The first-order chi connectivity index (χ1) is 14.0. The van der Waals surface area contributed by atoms with Crippen LogP contribution in [0.5, 0.6) is 0 Å². The molecule has 1 aromatic carbocycles. The van der Waals surface area contributed by atoms with Crippen molar-refractivity contribution in [2.24, 2.45) is 0 Å². The molecule has 1 heterocycles. The molecule has 1 fully saturated rings. The zero-order valence-electron chi connectivity index (χ0n) is 16.8. The summed E-state index contributed by atoms with van der Waals surface area (Å²) < 4.78 is 4.95. The lowest BCUT2D eigenvalue weighted by molar-refractivity contribution is -0.133. The molecule has 0 radical (unpaired) electrons. The average molecular weight is 425 g/mol. The van der Waals surface area contributed by atoms with Crippen LogP contribution >= 0.6 is 11.6 Å². The fraction of sp³-hybridized carbons (Fsp3) is 0.550. The normalized spacial score (nSPS) is 14.5. The zero-order valence-corrected chi connectivity index (χ0v) is 17.5. The van der Waals surface area contributed by atoms with Gasteiger partial charge in [0.15, 0.2) is 0 Å². The van der Waals surface area contributed by atoms with E-state index in [-0.39, 0.29) is 30.7 Å². The molecule has 1 aliphatic heterocycles. The molecular weight excluding hydrogens is 396 g/mol. The van der Waals surface area contributed by atoms with Gasteiger partial charge in [0, 0.05) is 70.0 Å². The van der Waals surface area contributed by atoms with Crippen molar-refractivity contribution in [1.29, 1.82) is 0 Å². The molecule has 1 saturated heterocycles. The minimum Gasteiger partial charge on any atom is -0.385 e. The van der Waals surface area contributed by atoms with E-state index in [1.54, 1.807) is 36.3 Å². The van der Waals surface area contributed by atoms with Crippen molar-refractivity contribution in [2.75, 3.05) is 59.5 Å². The van der Waals surface area contributed by atoms with E-state index in [0.29, 0.717) is 56.5 Å². The van der Waals surface area contributed by atoms with Crippen LogP contribution in [0.1, 0.15) is 23.2 Å². The Hall–Kier alpha value is -2.16. The van der Waals surface area contributed by atoms with Crippen molar-refractivity contribution >= 4 is 29.3 Å². The lowest BCUT2D eigenvalue weighted by Crippen LogP contribution is -2.51. The standard InChI is InChI=1S/C20H29ClN4O4/c1-29-14-2-8-22-18(26)15-24-10-12-25(13-11-24)19(27)7-9-23-20(28)16-3-5-17(21)6-4-16/h3-6H,2,7-15H2,1H3,(H,22,26)(H,23,28). The summed E-state index contributed by atoms with van der Waals surface area (Å²) in [6, 6.07) is 6.60. The summed E-state index contributed by atoms with van der Waals surface area (Å²) in [4.78, 5) is 40.1. The van der Waals surface area contributed by atoms with Gasteiger partial charge in [-0.1, -0.05) is 11.6 Å². The molecule has 0 aromatic heterocycles. The molecule has 0 bridgehead atoms. The monoisotopic (exact) mass is 424 g/mol. The van der Waals surface area contributed by atoms with Gasteiger partial charge < -0.3 is 20.3 Å². The van der Waals surface area contributed by atoms with Gasteiger partial charge in [-0.15, -0.1) is 0 Å². The SMILES string of the molecule is COCCCNC(=O)CN1CCN(C(=O)CCNC(=O)c2ccc(Cl)cc2)CC1. The largest absolute Gasteiger partial charge is 0.385 e. The van der Waals surface area contributed by atoms with Crippen molar-refractivity contribution in [3.63, 3.8) is 0 Å². The van der Waals surface area contributed by atoms with Gasteiger partial charge in [-0.05, 0) is 30.7 Å².